The highest BCUT2D eigenvalue weighted by atomic mass is 32.2. The van der Waals surface area contributed by atoms with Crippen LogP contribution in [0.1, 0.15) is 30.7 Å². The van der Waals surface area contributed by atoms with Crippen molar-refractivity contribution in [2.24, 2.45) is 0 Å². The van der Waals surface area contributed by atoms with E-state index in [9.17, 15) is 10.1 Å². The van der Waals surface area contributed by atoms with Crippen LogP contribution in [0.15, 0.2) is 30.3 Å². The largest absolute Gasteiger partial charge is 0.352 e. The number of nitriles is 1. The highest BCUT2D eigenvalue weighted by Gasteiger charge is 2.28. The maximum absolute atomic E-state index is 12.2. The van der Waals surface area contributed by atoms with Crippen LogP contribution in [-0.4, -0.2) is 23.5 Å². The number of nitrogens with zero attached hydrogens (tertiary/aromatic N) is 1. The Bertz CT molecular complexity index is 469. The Hall–Kier alpha value is -1.47. The number of hydrogen-bond donors (Lipinski definition) is 1. The monoisotopic (exact) mass is 274 g/mol. The molecule has 4 heteroatoms. The standard InChI is InChI=1S/C15H18N2OS/c1-19-13-8-7-12(9-13)17-15(18)14(10-16)11-5-3-2-4-6-11/h2-6,12-14H,7-9H2,1H3,(H,17,18). The number of carbonyl (C=O) groups excluding carboxylic acids is 1. The van der Waals surface area contributed by atoms with E-state index in [1.54, 1.807) is 0 Å². The first-order chi connectivity index (χ1) is 9.24. The maximum atomic E-state index is 12.2. The van der Waals surface area contributed by atoms with Gasteiger partial charge in [-0.2, -0.15) is 17.0 Å². The highest BCUT2D eigenvalue weighted by Crippen LogP contribution is 2.28. The predicted molar refractivity (Wildman–Crippen MR) is 77.9 cm³/mol. The van der Waals surface area contributed by atoms with Crippen LogP contribution >= 0.6 is 11.8 Å². The summed E-state index contributed by atoms with van der Waals surface area (Å²) in [6, 6.07) is 11.6. The lowest BCUT2D eigenvalue weighted by molar-refractivity contribution is -0.122. The quantitative estimate of drug-likeness (QED) is 0.918. The number of benzene rings is 1. The number of hydrogen-bond acceptors (Lipinski definition) is 3. The van der Waals surface area contributed by atoms with Crippen LogP contribution in [0.5, 0.6) is 0 Å². The lowest BCUT2D eigenvalue weighted by Crippen LogP contribution is -2.36. The van der Waals surface area contributed by atoms with Crippen molar-refractivity contribution >= 4 is 17.7 Å². The lowest BCUT2D eigenvalue weighted by atomic mass is 9.99. The summed E-state index contributed by atoms with van der Waals surface area (Å²) < 4.78 is 0. The van der Waals surface area contributed by atoms with Crippen molar-refractivity contribution in [1.82, 2.24) is 5.32 Å². The van der Waals surface area contributed by atoms with Crippen LogP contribution < -0.4 is 5.32 Å². The van der Waals surface area contributed by atoms with Gasteiger partial charge in [-0.3, -0.25) is 4.79 Å². The van der Waals surface area contributed by atoms with Crippen LogP contribution in [0.4, 0.5) is 0 Å². The van der Waals surface area contributed by atoms with Gasteiger partial charge in [-0.25, -0.2) is 0 Å². The average Bonchev–Trinajstić information content (AvgIpc) is 2.88. The first-order valence-electron chi connectivity index (χ1n) is 6.52. The molecule has 3 unspecified atom stereocenters. The minimum Gasteiger partial charge on any atom is -0.352 e. The van der Waals surface area contributed by atoms with Gasteiger partial charge in [0.05, 0.1) is 6.07 Å². The van der Waals surface area contributed by atoms with Crippen molar-refractivity contribution in [3.8, 4) is 6.07 Å². The SMILES string of the molecule is CSC1CCC(NC(=O)C(C#N)c2ccccc2)C1. The molecule has 1 aliphatic rings. The molecule has 0 aliphatic heterocycles. The van der Waals surface area contributed by atoms with Crippen LogP contribution in [-0.2, 0) is 4.79 Å². The number of carbonyl (C=O) groups is 1. The zero-order valence-electron chi connectivity index (χ0n) is 11.0. The van der Waals surface area contributed by atoms with E-state index in [4.69, 9.17) is 0 Å². The van der Waals surface area contributed by atoms with E-state index in [0.717, 1.165) is 24.8 Å². The summed E-state index contributed by atoms with van der Waals surface area (Å²) in [5, 5.41) is 12.9. The molecule has 100 valence electrons. The maximum Gasteiger partial charge on any atom is 0.242 e. The minimum atomic E-state index is -0.700. The Morgan fingerprint density at radius 3 is 2.74 bits per heavy atom. The van der Waals surface area contributed by atoms with Crippen molar-refractivity contribution in [2.45, 2.75) is 36.5 Å². The van der Waals surface area contributed by atoms with Crippen LogP contribution in [0.25, 0.3) is 0 Å². The minimum absolute atomic E-state index is 0.166. The van der Waals surface area contributed by atoms with Gasteiger partial charge in [0.1, 0.15) is 5.92 Å². The van der Waals surface area contributed by atoms with Crippen molar-refractivity contribution in [2.75, 3.05) is 6.26 Å². The Balaban J connectivity index is 1.97. The summed E-state index contributed by atoms with van der Waals surface area (Å²) in [4.78, 5) is 12.2. The van der Waals surface area contributed by atoms with Gasteiger partial charge in [-0.05, 0) is 31.1 Å². The molecular weight excluding hydrogens is 256 g/mol. The van der Waals surface area contributed by atoms with Crippen molar-refractivity contribution < 1.29 is 4.79 Å². The van der Waals surface area contributed by atoms with E-state index in [-0.39, 0.29) is 11.9 Å². The Labute approximate surface area is 118 Å². The van der Waals surface area contributed by atoms with Gasteiger partial charge in [0.15, 0.2) is 0 Å². The third-order valence-electron chi connectivity index (χ3n) is 3.59. The van der Waals surface area contributed by atoms with E-state index < -0.39 is 5.92 Å². The average molecular weight is 274 g/mol. The molecule has 0 heterocycles. The second-order valence-corrected chi connectivity index (χ2v) is 5.99. The molecule has 0 spiro atoms. The van der Waals surface area contributed by atoms with Crippen LogP contribution in [0.2, 0.25) is 0 Å². The summed E-state index contributed by atoms with van der Waals surface area (Å²) in [6.07, 6.45) is 5.29. The first kappa shape index (κ1) is 14.0. The fourth-order valence-corrected chi connectivity index (χ4v) is 3.30. The molecular formula is C15H18N2OS. The van der Waals surface area contributed by atoms with E-state index in [1.807, 2.05) is 42.1 Å². The fraction of sp³-hybridized carbons (Fsp3) is 0.467. The first-order valence-corrected chi connectivity index (χ1v) is 7.81. The molecule has 0 radical (unpaired) electrons. The summed E-state index contributed by atoms with van der Waals surface area (Å²) in [7, 11) is 0. The molecule has 1 fully saturated rings. The van der Waals surface area contributed by atoms with E-state index >= 15 is 0 Å². The molecule has 1 aliphatic carbocycles. The number of nitrogens with one attached hydrogen (secondary N) is 1. The number of amides is 1. The third kappa shape index (κ3) is 3.51. The second-order valence-electron chi connectivity index (χ2n) is 4.85. The van der Waals surface area contributed by atoms with Gasteiger partial charge in [-0.15, -0.1) is 0 Å². The molecule has 0 bridgehead atoms. The van der Waals surface area contributed by atoms with Crippen molar-refractivity contribution in [3.05, 3.63) is 35.9 Å². The third-order valence-corrected chi connectivity index (χ3v) is 4.68. The molecule has 0 saturated heterocycles. The topological polar surface area (TPSA) is 52.9 Å². The second kappa shape index (κ2) is 6.63. The van der Waals surface area contributed by atoms with Crippen molar-refractivity contribution in [1.29, 1.82) is 5.26 Å². The normalized spacial score (nSPS) is 23.6. The molecule has 3 atom stereocenters. The summed E-state index contributed by atoms with van der Waals surface area (Å²) in [5.74, 6) is -0.866. The van der Waals surface area contributed by atoms with Gasteiger partial charge in [0.25, 0.3) is 0 Å². The molecule has 1 amide bonds. The highest BCUT2D eigenvalue weighted by molar-refractivity contribution is 7.99. The fourth-order valence-electron chi connectivity index (χ4n) is 2.50. The van der Waals surface area contributed by atoms with Crippen LogP contribution in [0.3, 0.4) is 0 Å². The Morgan fingerprint density at radius 2 is 2.16 bits per heavy atom. The van der Waals surface area contributed by atoms with Gasteiger partial charge in [0, 0.05) is 11.3 Å². The van der Waals surface area contributed by atoms with E-state index in [0.29, 0.717) is 5.25 Å². The molecule has 3 nitrogen and oxygen atoms in total. The Morgan fingerprint density at radius 1 is 1.42 bits per heavy atom. The Kier molecular flexibility index (Phi) is 4.86. The zero-order chi connectivity index (χ0) is 13.7. The van der Waals surface area contributed by atoms with Gasteiger partial charge < -0.3 is 5.32 Å². The van der Waals surface area contributed by atoms with Gasteiger partial charge >= 0.3 is 0 Å². The summed E-state index contributed by atoms with van der Waals surface area (Å²) in [5.41, 5.74) is 0.766. The molecule has 1 N–H and O–H groups in total. The van der Waals surface area contributed by atoms with E-state index in [1.165, 1.54) is 0 Å². The smallest absolute Gasteiger partial charge is 0.242 e. The lowest BCUT2D eigenvalue weighted by Gasteiger charge is -2.15. The number of thioether (sulfide) groups is 1. The molecule has 1 aromatic carbocycles. The van der Waals surface area contributed by atoms with Gasteiger partial charge in [-0.1, -0.05) is 30.3 Å². The summed E-state index contributed by atoms with van der Waals surface area (Å²) in [6.45, 7) is 0. The molecule has 1 saturated carbocycles. The predicted octanol–water partition coefficient (Wildman–Crippen LogP) is 2.69. The van der Waals surface area contributed by atoms with Gasteiger partial charge in [0.2, 0.25) is 5.91 Å². The molecule has 1 aromatic rings. The zero-order valence-corrected chi connectivity index (χ0v) is 11.8. The molecule has 2 rings (SSSR count). The summed E-state index contributed by atoms with van der Waals surface area (Å²) >= 11 is 1.86. The molecule has 0 aromatic heterocycles. The van der Waals surface area contributed by atoms with E-state index in [2.05, 4.69) is 17.6 Å². The molecule has 19 heavy (non-hydrogen) atoms. The van der Waals surface area contributed by atoms with Crippen LogP contribution in [0, 0.1) is 11.3 Å². The number of rotatable bonds is 4. The van der Waals surface area contributed by atoms with Crippen molar-refractivity contribution in [3.63, 3.8) is 0 Å².